The van der Waals surface area contributed by atoms with E-state index in [-0.39, 0.29) is 16.5 Å². The van der Waals surface area contributed by atoms with Crippen LogP contribution in [-0.2, 0) is 12.5 Å². The summed E-state index contributed by atoms with van der Waals surface area (Å²) in [6.45, 7) is 3.43. The molecule has 2 saturated carbocycles. The number of nitrogens with zero attached hydrogens (tertiary/aromatic N) is 3. The average Bonchev–Trinajstić information content (AvgIpc) is 3.38. The van der Waals surface area contributed by atoms with E-state index in [0.717, 1.165) is 43.7 Å². The van der Waals surface area contributed by atoms with Crippen molar-refractivity contribution in [2.24, 2.45) is 13.0 Å². The van der Waals surface area contributed by atoms with Crippen molar-refractivity contribution >= 4 is 16.9 Å². The third kappa shape index (κ3) is 3.50. The van der Waals surface area contributed by atoms with Crippen LogP contribution in [0.3, 0.4) is 0 Å². The van der Waals surface area contributed by atoms with Gasteiger partial charge in [-0.3, -0.25) is 9.36 Å². The quantitative estimate of drug-likeness (QED) is 0.534. The molecule has 2 aromatic heterocycles. The van der Waals surface area contributed by atoms with Gasteiger partial charge in [-0.1, -0.05) is 18.2 Å². The van der Waals surface area contributed by atoms with Crippen LogP contribution in [0.1, 0.15) is 74.0 Å². The second-order valence-electron chi connectivity index (χ2n) is 9.62. The number of pyridine rings is 1. The monoisotopic (exact) mass is 456 g/mol. The van der Waals surface area contributed by atoms with Crippen LogP contribution in [0.2, 0.25) is 0 Å². The molecule has 2 aliphatic carbocycles. The lowest BCUT2D eigenvalue weighted by Gasteiger charge is -2.27. The Morgan fingerprint density at radius 2 is 1.88 bits per heavy atom. The maximum absolute atomic E-state index is 14.8. The van der Waals surface area contributed by atoms with E-state index in [9.17, 15) is 18.0 Å². The van der Waals surface area contributed by atoms with E-state index in [0.29, 0.717) is 28.6 Å². The van der Waals surface area contributed by atoms with Gasteiger partial charge in [-0.2, -0.15) is 0 Å². The molecule has 33 heavy (non-hydrogen) atoms. The maximum Gasteiger partial charge on any atom is 0.266 e. The molecule has 2 bridgehead atoms. The molecule has 5 rings (SSSR count). The van der Waals surface area contributed by atoms with E-state index >= 15 is 0 Å². The molecule has 1 N–H and O–H groups in total. The molecule has 2 heterocycles. The standard InChI is InChI=1S/C25H27F3N4O/c1-13(16-5-4-6-17(20(16)26)21(27)28)29-22-18-11-19(25-9-7-15(12-25)8-10-25)24(33)32(3)23(18)31-14(2)30-22/h4-6,11,13,15,21H,7-10,12H2,1-3H3,(H,29,30,31)/t13-,15?,25?/m1/s1. The molecular formula is C25H27F3N4O. The van der Waals surface area contributed by atoms with Gasteiger partial charge in [0.05, 0.1) is 17.0 Å². The molecule has 0 amide bonds. The summed E-state index contributed by atoms with van der Waals surface area (Å²) in [5.74, 6) is 0.689. The van der Waals surface area contributed by atoms with Crippen LogP contribution in [0, 0.1) is 18.7 Å². The van der Waals surface area contributed by atoms with Gasteiger partial charge in [-0.05, 0) is 57.9 Å². The zero-order chi connectivity index (χ0) is 23.5. The third-order valence-electron chi connectivity index (χ3n) is 7.61. The number of rotatable bonds is 5. The highest BCUT2D eigenvalue weighted by Crippen LogP contribution is 2.54. The Hall–Kier alpha value is -2.90. The molecule has 2 aliphatic rings. The van der Waals surface area contributed by atoms with E-state index in [4.69, 9.17) is 0 Å². The van der Waals surface area contributed by atoms with E-state index < -0.39 is 23.8 Å². The summed E-state index contributed by atoms with van der Waals surface area (Å²) in [6.07, 6.45) is 2.45. The summed E-state index contributed by atoms with van der Waals surface area (Å²) in [5.41, 5.74) is 0.682. The summed E-state index contributed by atoms with van der Waals surface area (Å²) in [6, 6.07) is 5.30. The molecule has 2 fully saturated rings. The normalized spacial score (nSPS) is 22.9. The summed E-state index contributed by atoms with van der Waals surface area (Å²) in [5, 5.41) is 3.88. The summed E-state index contributed by atoms with van der Waals surface area (Å²) >= 11 is 0. The molecule has 5 nitrogen and oxygen atoms in total. The molecular weight excluding hydrogens is 429 g/mol. The van der Waals surface area contributed by atoms with E-state index in [2.05, 4.69) is 15.3 Å². The lowest BCUT2D eigenvalue weighted by Crippen LogP contribution is -2.33. The molecule has 0 spiro atoms. The van der Waals surface area contributed by atoms with Crippen molar-refractivity contribution in [2.45, 2.75) is 63.8 Å². The lowest BCUT2D eigenvalue weighted by molar-refractivity contribution is 0.146. The summed E-state index contributed by atoms with van der Waals surface area (Å²) in [4.78, 5) is 22.4. The first kappa shape index (κ1) is 21.9. The molecule has 0 saturated heterocycles. The SMILES string of the molecule is Cc1nc(N[C@H](C)c2cccc(C(F)F)c2F)c2cc(C34CCC(CC3)C4)c(=O)n(C)c2n1. The first-order valence-corrected chi connectivity index (χ1v) is 11.4. The van der Waals surface area contributed by atoms with E-state index in [1.54, 1.807) is 25.5 Å². The van der Waals surface area contributed by atoms with Gasteiger partial charge < -0.3 is 5.32 Å². The number of benzene rings is 1. The number of hydrogen-bond acceptors (Lipinski definition) is 4. The number of nitrogens with one attached hydrogen (secondary N) is 1. The van der Waals surface area contributed by atoms with Gasteiger partial charge in [0.1, 0.15) is 23.1 Å². The smallest absolute Gasteiger partial charge is 0.266 e. The summed E-state index contributed by atoms with van der Waals surface area (Å²) in [7, 11) is 1.72. The molecule has 3 aromatic rings. The van der Waals surface area contributed by atoms with Crippen molar-refractivity contribution < 1.29 is 13.2 Å². The fraction of sp³-hybridized carbons (Fsp3) is 0.480. The zero-order valence-electron chi connectivity index (χ0n) is 19.0. The Kier molecular flexibility index (Phi) is 5.21. The fourth-order valence-electron chi connectivity index (χ4n) is 5.85. The highest BCUT2D eigenvalue weighted by atomic mass is 19.3. The minimum Gasteiger partial charge on any atom is -0.363 e. The van der Waals surface area contributed by atoms with Crippen molar-refractivity contribution in [3.8, 4) is 0 Å². The third-order valence-corrected chi connectivity index (χ3v) is 7.61. The van der Waals surface area contributed by atoms with Crippen molar-refractivity contribution in [1.82, 2.24) is 14.5 Å². The summed E-state index contributed by atoms with van der Waals surface area (Å²) < 4.78 is 42.7. The largest absolute Gasteiger partial charge is 0.363 e. The number of hydrogen-bond donors (Lipinski definition) is 1. The first-order chi connectivity index (χ1) is 15.7. The molecule has 0 aliphatic heterocycles. The Balaban J connectivity index is 1.62. The first-order valence-electron chi connectivity index (χ1n) is 11.4. The predicted octanol–water partition coefficient (Wildman–Crippen LogP) is 5.72. The van der Waals surface area contributed by atoms with Crippen molar-refractivity contribution in [2.75, 3.05) is 5.32 Å². The Morgan fingerprint density at radius 1 is 1.18 bits per heavy atom. The highest BCUT2D eigenvalue weighted by Gasteiger charge is 2.47. The van der Waals surface area contributed by atoms with Crippen LogP contribution >= 0.6 is 0 Å². The van der Waals surface area contributed by atoms with E-state index in [1.165, 1.54) is 12.1 Å². The number of anilines is 1. The average molecular weight is 457 g/mol. The maximum atomic E-state index is 14.8. The Bertz CT molecular complexity index is 1300. The molecule has 174 valence electrons. The molecule has 1 atom stereocenters. The van der Waals surface area contributed by atoms with Gasteiger partial charge in [0.15, 0.2) is 0 Å². The van der Waals surface area contributed by atoms with Crippen molar-refractivity contribution in [3.63, 3.8) is 0 Å². The minimum absolute atomic E-state index is 0.0298. The van der Waals surface area contributed by atoms with Crippen LogP contribution in [0.4, 0.5) is 19.0 Å². The Labute approximate surface area is 190 Å². The van der Waals surface area contributed by atoms with E-state index in [1.807, 2.05) is 6.07 Å². The molecule has 8 heteroatoms. The predicted molar refractivity (Wildman–Crippen MR) is 121 cm³/mol. The number of halogens is 3. The van der Waals surface area contributed by atoms with Gasteiger partial charge >= 0.3 is 0 Å². The van der Waals surface area contributed by atoms with Crippen LogP contribution in [0.25, 0.3) is 11.0 Å². The minimum atomic E-state index is -2.89. The van der Waals surface area contributed by atoms with Gasteiger partial charge in [-0.25, -0.2) is 23.1 Å². The Morgan fingerprint density at radius 3 is 2.52 bits per heavy atom. The van der Waals surface area contributed by atoms with Gasteiger partial charge in [0, 0.05) is 23.6 Å². The molecule has 1 aromatic carbocycles. The van der Waals surface area contributed by atoms with Crippen LogP contribution in [0.15, 0.2) is 29.1 Å². The molecule has 0 radical (unpaired) electrons. The highest BCUT2D eigenvalue weighted by molar-refractivity contribution is 5.87. The van der Waals surface area contributed by atoms with Gasteiger partial charge in [0.25, 0.3) is 12.0 Å². The van der Waals surface area contributed by atoms with Crippen molar-refractivity contribution in [3.05, 3.63) is 63.0 Å². The van der Waals surface area contributed by atoms with Crippen molar-refractivity contribution in [1.29, 1.82) is 0 Å². The second kappa shape index (κ2) is 7.85. The fourth-order valence-corrected chi connectivity index (χ4v) is 5.85. The second-order valence-corrected chi connectivity index (χ2v) is 9.62. The van der Waals surface area contributed by atoms with Crippen LogP contribution in [-0.4, -0.2) is 14.5 Å². The number of fused-ring (bicyclic) bond motifs is 3. The number of aromatic nitrogens is 3. The zero-order valence-corrected chi connectivity index (χ0v) is 19.0. The number of aryl methyl sites for hydroxylation is 2. The van der Waals surface area contributed by atoms with Gasteiger partial charge in [0.2, 0.25) is 0 Å². The number of alkyl halides is 2. The lowest BCUT2D eigenvalue weighted by atomic mass is 9.78. The van der Waals surface area contributed by atoms with Crippen LogP contribution in [0.5, 0.6) is 0 Å². The molecule has 0 unspecified atom stereocenters. The van der Waals surface area contributed by atoms with Crippen LogP contribution < -0.4 is 10.9 Å². The topological polar surface area (TPSA) is 59.8 Å². The van der Waals surface area contributed by atoms with Gasteiger partial charge in [-0.15, -0.1) is 0 Å².